The van der Waals surface area contributed by atoms with Gasteiger partial charge < -0.3 is 15.3 Å². The quantitative estimate of drug-likeness (QED) is 0.822. The highest BCUT2D eigenvalue weighted by molar-refractivity contribution is 5.77. The first-order chi connectivity index (χ1) is 7.79. The van der Waals surface area contributed by atoms with E-state index in [0.29, 0.717) is 11.5 Å². The molecule has 1 aromatic carbocycles. The number of nitrogens with zero attached hydrogens (tertiary/aromatic N) is 1. The Bertz CT molecular complexity index is 517. The van der Waals surface area contributed by atoms with Gasteiger partial charge in [0.2, 0.25) is 0 Å². The van der Waals surface area contributed by atoms with Crippen LogP contribution in [0.4, 0.5) is 0 Å². The van der Waals surface area contributed by atoms with E-state index < -0.39 is 6.10 Å². The van der Waals surface area contributed by atoms with Crippen molar-refractivity contribution < 1.29 is 9.52 Å². The molecule has 0 aliphatic heterocycles. The number of aliphatic hydroxyl groups is 1. The van der Waals surface area contributed by atoms with Crippen molar-refractivity contribution in [2.45, 2.75) is 24.9 Å². The van der Waals surface area contributed by atoms with Gasteiger partial charge in [0.05, 0.1) is 6.10 Å². The highest BCUT2D eigenvalue weighted by Crippen LogP contribution is 2.41. The maximum Gasteiger partial charge on any atom is 0.198 e. The molecule has 0 spiro atoms. The summed E-state index contributed by atoms with van der Waals surface area (Å²) in [5, 5.41) is 9.78. The zero-order valence-corrected chi connectivity index (χ0v) is 8.89. The average molecular weight is 218 g/mol. The largest absolute Gasteiger partial charge is 0.440 e. The Morgan fingerprint density at radius 3 is 3.00 bits per heavy atom. The Morgan fingerprint density at radius 2 is 2.31 bits per heavy atom. The molecule has 1 heterocycles. The third kappa shape index (κ3) is 1.50. The van der Waals surface area contributed by atoms with E-state index >= 15 is 0 Å². The topological polar surface area (TPSA) is 72.3 Å². The smallest absolute Gasteiger partial charge is 0.198 e. The number of aliphatic hydroxyl groups excluding tert-OH is 1. The summed E-state index contributed by atoms with van der Waals surface area (Å²) in [5.41, 5.74) is 7.69. The summed E-state index contributed by atoms with van der Waals surface area (Å²) in [4.78, 5) is 4.43. The van der Waals surface area contributed by atoms with Gasteiger partial charge in [-0.3, -0.25) is 0 Å². The fraction of sp³-hybridized carbons (Fsp3) is 0.417. The van der Waals surface area contributed by atoms with Crippen LogP contribution < -0.4 is 5.73 Å². The minimum absolute atomic E-state index is 0.193. The number of benzene rings is 1. The third-order valence-corrected chi connectivity index (χ3v) is 2.97. The first-order valence-corrected chi connectivity index (χ1v) is 5.57. The average Bonchev–Trinajstić information content (AvgIpc) is 3.07. The van der Waals surface area contributed by atoms with E-state index in [1.165, 1.54) is 0 Å². The van der Waals surface area contributed by atoms with Gasteiger partial charge in [-0.15, -0.1) is 0 Å². The Morgan fingerprint density at radius 1 is 1.50 bits per heavy atom. The fourth-order valence-corrected chi connectivity index (χ4v) is 1.88. The van der Waals surface area contributed by atoms with Gasteiger partial charge in [-0.1, -0.05) is 12.1 Å². The summed E-state index contributed by atoms with van der Waals surface area (Å²) < 4.78 is 5.72. The maximum absolute atomic E-state index is 9.78. The normalized spacial score (nSPS) is 17.9. The van der Waals surface area contributed by atoms with Crippen molar-refractivity contribution in [1.29, 1.82) is 0 Å². The van der Waals surface area contributed by atoms with Gasteiger partial charge in [0.25, 0.3) is 0 Å². The van der Waals surface area contributed by atoms with Gasteiger partial charge in [-0.05, 0) is 18.9 Å². The SMILES string of the molecule is NCC(O)c1cccc2nc(C3CC3)oc12. The molecule has 0 bridgehead atoms. The molecular formula is C12H14N2O2. The molecule has 1 saturated carbocycles. The van der Waals surface area contributed by atoms with Crippen molar-refractivity contribution >= 4 is 11.1 Å². The van der Waals surface area contributed by atoms with Gasteiger partial charge in [-0.25, -0.2) is 4.98 Å². The lowest BCUT2D eigenvalue weighted by molar-refractivity contribution is 0.187. The van der Waals surface area contributed by atoms with Crippen molar-refractivity contribution in [2.75, 3.05) is 6.54 Å². The van der Waals surface area contributed by atoms with Crippen molar-refractivity contribution in [3.05, 3.63) is 29.7 Å². The van der Waals surface area contributed by atoms with Gasteiger partial charge in [0.1, 0.15) is 5.52 Å². The lowest BCUT2D eigenvalue weighted by Gasteiger charge is -2.07. The van der Waals surface area contributed by atoms with E-state index in [2.05, 4.69) is 4.98 Å². The molecule has 3 rings (SSSR count). The lowest BCUT2D eigenvalue weighted by atomic mass is 10.1. The van der Waals surface area contributed by atoms with E-state index in [1.54, 1.807) is 0 Å². The number of hydrogen-bond acceptors (Lipinski definition) is 4. The number of nitrogens with two attached hydrogens (primary N) is 1. The molecule has 1 aliphatic rings. The summed E-state index contributed by atoms with van der Waals surface area (Å²) in [6, 6.07) is 5.61. The first kappa shape index (κ1) is 9.81. The molecule has 16 heavy (non-hydrogen) atoms. The number of rotatable bonds is 3. The zero-order chi connectivity index (χ0) is 11.1. The fourth-order valence-electron chi connectivity index (χ4n) is 1.88. The van der Waals surface area contributed by atoms with Crippen LogP contribution in [0.5, 0.6) is 0 Å². The first-order valence-electron chi connectivity index (χ1n) is 5.57. The second-order valence-corrected chi connectivity index (χ2v) is 4.27. The molecule has 84 valence electrons. The molecule has 4 heteroatoms. The van der Waals surface area contributed by atoms with Gasteiger partial charge in [-0.2, -0.15) is 0 Å². The number of para-hydroxylation sites is 1. The Hall–Kier alpha value is -1.39. The molecule has 1 aromatic heterocycles. The van der Waals surface area contributed by atoms with Crippen molar-refractivity contribution in [3.8, 4) is 0 Å². The number of fused-ring (bicyclic) bond motifs is 1. The van der Waals surface area contributed by atoms with Crippen LogP contribution in [0.3, 0.4) is 0 Å². The number of oxazole rings is 1. The molecule has 1 atom stereocenters. The second-order valence-electron chi connectivity index (χ2n) is 4.27. The summed E-state index contributed by atoms with van der Waals surface area (Å²) >= 11 is 0. The molecule has 1 aliphatic carbocycles. The van der Waals surface area contributed by atoms with Crippen LogP contribution in [0, 0.1) is 0 Å². The van der Waals surface area contributed by atoms with Crippen LogP contribution in [0.2, 0.25) is 0 Å². The maximum atomic E-state index is 9.78. The van der Waals surface area contributed by atoms with Crippen molar-refractivity contribution in [1.82, 2.24) is 4.98 Å². The molecule has 0 saturated heterocycles. The van der Waals surface area contributed by atoms with Crippen molar-refractivity contribution in [3.63, 3.8) is 0 Å². The predicted molar refractivity (Wildman–Crippen MR) is 60.0 cm³/mol. The molecular weight excluding hydrogens is 204 g/mol. The molecule has 3 N–H and O–H groups in total. The van der Waals surface area contributed by atoms with Gasteiger partial charge >= 0.3 is 0 Å². The standard InChI is InChI=1S/C12H14N2O2/c13-6-10(15)8-2-1-3-9-11(8)16-12(14-9)7-4-5-7/h1-3,7,10,15H,4-6,13H2. The van der Waals surface area contributed by atoms with E-state index in [9.17, 15) is 5.11 Å². The van der Waals surface area contributed by atoms with Crippen LogP contribution in [-0.4, -0.2) is 16.6 Å². The number of aromatic nitrogens is 1. The Kier molecular flexibility index (Phi) is 2.19. The monoisotopic (exact) mass is 218 g/mol. The van der Waals surface area contributed by atoms with E-state index in [-0.39, 0.29) is 6.54 Å². The summed E-state index contributed by atoms with van der Waals surface area (Å²) in [6.45, 7) is 0.193. The van der Waals surface area contributed by atoms with E-state index in [1.807, 2.05) is 18.2 Å². The minimum atomic E-state index is -0.677. The summed E-state index contributed by atoms with van der Waals surface area (Å²) in [5.74, 6) is 1.28. The molecule has 0 amide bonds. The molecule has 4 nitrogen and oxygen atoms in total. The molecule has 2 aromatic rings. The van der Waals surface area contributed by atoms with E-state index in [0.717, 1.165) is 29.8 Å². The summed E-state index contributed by atoms with van der Waals surface area (Å²) in [6.07, 6.45) is 1.63. The van der Waals surface area contributed by atoms with Crippen LogP contribution in [0.15, 0.2) is 22.6 Å². The lowest BCUT2D eigenvalue weighted by Crippen LogP contribution is -2.11. The van der Waals surface area contributed by atoms with Crippen LogP contribution in [0.1, 0.15) is 36.3 Å². The van der Waals surface area contributed by atoms with Crippen LogP contribution in [0.25, 0.3) is 11.1 Å². The minimum Gasteiger partial charge on any atom is -0.440 e. The van der Waals surface area contributed by atoms with Crippen LogP contribution >= 0.6 is 0 Å². The van der Waals surface area contributed by atoms with Gasteiger partial charge in [0, 0.05) is 18.0 Å². The third-order valence-electron chi connectivity index (χ3n) is 2.97. The highest BCUT2D eigenvalue weighted by Gasteiger charge is 2.29. The number of hydrogen-bond donors (Lipinski definition) is 2. The molecule has 1 fully saturated rings. The second kappa shape index (κ2) is 3.57. The Balaban J connectivity index is 2.13. The predicted octanol–water partition coefficient (Wildman–Crippen LogP) is 1.70. The van der Waals surface area contributed by atoms with Crippen molar-refractivity contribution in [2.24, 2.45) is 5.73 Å². The molecule has 1 unspecified atom stereocenters. The van der Waals surface area contributed by atoms with E-state index in [4.69, 9.17) is 10.2 Å². The van der Waals surface area contributed by atoms with Crippen LogP contribution in [-0.2, 0) is 0 Å². The zero-order valence-electron chi connectivity index (χ0n) is 8.89. The highest BCUT2D eigenvalue weighted by atomic mass is 16.4. The summed E-state index contributed by atoms with van der Waals surface area (Å²) in [7, 11) is 0. The van der Waals surface area contributed by atoms with Gasteiger partial charge in [0.15, 0.2) is 11.5 Å². The Labute approximate surface area is 93.1 Å². The molecule has 0 radical (unpaired) electrons.